The first-order chi connectivity index (χ1) is 40.0. The first-order valence-electron chi connectivity index (χ1n) is 30.7. The van der Waals surface area contributed by atoms with E-state index in [2.05, 4.69) is 21.3 Å². The molecule has 0 aromatic carbocycles. The molecule has 0 bridgehead atoms. The van der Waals surface area contributed by atoms with Gasteiger partial charge >= 0.3 is 0 Å². The average Bonchev–Trinajstić information content (AvgIpc) is 1.58. The zero-order valence-corrected chi connectivity index (χ0v) is 56.6. The lowest BCUT2D eigenvalue weighted by Gasteiger charge is -2.42. The molecule has 0 aromatic rings. The number of aliphatic hydroxyl groups is 3. The lowest BCUT2D eigenvalue weighted by molar-refractivity contribution is -0.158. The fourth-order valence-corrected chi connectivity index (χ4v) is 10.7. The number of hydrogen-bond donors (Lipinski definition) is 7. The van der Waals surface area contributed by atoms with Crippen LogP contribution < -0.4 is 21.3 Å². The smallest absolute Gasteiger partial charge is 0.246 e. The van der Waals surface area contributed by atoms with E-state index in [1.165, 1.54) is 103 Å². The summed E-state index contributed by atoms with van der Waals surface area (Å²) in [7, 11) is 9.52. The van der Waals surface area contributed by atoms with E-state index in [1.54, 1.807) is 47.6 Å². The number of allylic oxidation sites excluding steroid dienone is 1. The van der Waals surface area contributed by atoms with Crippen LogP contribution in [0.15, 0.2) is 12.2 Å². The SMILES string of the molecule is CC[C@@H]1NC(=O)[C@H](C(O)C(C)C/C=C/CO)N(C)C(=O)[C@H](C(C)C)N(C)C(=O)[C@H](CC(C)C)N(C)C(=O)[C@H](CC(C)(C)O)N(C)C(=O)[C@H](C)NC(=O)[C@H](C)NC(=O)[C@H](CC(C)C)N(C)C(=O)[C@H](C(C)C)NC(=O)[C@H](CC(C)C)N(C)C(=O)CN(C)C1=O. The Hall–Kier alpha value is -6.21. The third-order valence-corrected chi connectivity index (χ3v) is 16.1. The number of hydrogen-bond acceptors (Lipinski definition) is 14. The molecule has 1 heterocycles. The van der Waals surface area contributed by atoms with Crippen LogP contribution in [0.25, 0.3) is 0 Å². The van der Waals surface area contributed by atoms with Gasteiger partial charge in [-0.2, -0.15) is 0 Å². The number of rotatable bonds is 16. The standard InChI is InChI=1S/C62H111N11O14/c1-24-42-57(82)67(17)33-47(75)68(18)43(29-34(2)3)54(79)66-48(37(8)9)60(85)69(19)44(30-35(4)5)53(78)63-40(13)52(77)64-41(14)56(81)71(21)46(32-62(15,16)87)59(84)70(20)45(31-36(6)7)58(83)72(22)49(38(10)11)61(86)73(23)50(55(80)65-42)51(76)39(12)27-25-26-28-74/h25-26,34-46,48-51,74,76,87H,24,27-33H2,1-23H3,(H,63,78)(H,64,77)(H,65,80)(H,66,79)/b26-25+/t39?,40-,41-,42-,43-,44-,45-,46-,48-,49-,50-,51?/m0/s1. The van der Waals surface area contributed by atoms with Crippen LogP contribution >= 0.6 is 0 Å². The van der Waals surface area contributed by atoms with E-state index in [1.807, 2.05) is 41.5 Å². The van der Waals surface area contributed by atoms with E-state index in [-0.39, 0.29) is 62.9 Å². The van der Waals surface area contributed by atoms with Gasteiger partial charge in [-0.1, -0.05) is 95.2 Å². The average molecular weight is 1230 g/mol. The number of aliphatic hydroxyl groups excluding tert-OH is 2. The Bertz CT molecular complexity index is 2390. The molecule has 1 fully saturated rings. The van der Waals surface area contributed by atoms with Gasteiger partial charge in [-0.3, -0.25) is 52.7 Å². The molecule has 87 heavy (non-hydrogen) atoms. The second-order valence-electron chi connectivity index (χ2n) is 26.6. The first kappa shape index (κ1) is 78.8. The van der Waals surface area contributed by atoms with Crippen LogP contribution in [0, 0.1) is 35.5 Å². The molecular weight excluding hydrogens is 1120 g/mol. The molecule has 0 spiro atoms. The molecule has 1 aliphatic rings. The van der Waals surface area contributed by atoms with Crippen LogP contribution in [-0.2, 0) is 52.7 Å². The zero-order valence-electron chi connectivity index (χ0n) is 56.6. The second kappa shape index (κ2) is 35.1. The highest BCUT2D eigenvalue weighted by molar-refractivity contribution is 5.99. The molecule has 25 heteroatoms. The lowest BCUT2D eigenvalue weighted by Crippen LogP contribution is -2.63. The summed E-state index contributed by atoms with van der Waals surface area (Å²) < 4.78 is 0. The normalized spacial score (nSPS) is 26.7. The summed E-state index contributed by atoms with van der Waals surface area (Å²) in [5.41, 5.74) is -1.57. The molecule has 1 aliphatic heterocycles. The van der Waals surface area contributed by atoms with Gasteiger partial charge in [0.15, 0.2) is 0 Å². The molecule has 0 radical (unpaired) electrons. The summed E-state index contributed by atoms with van der Waals surface area (Å²) in [6.45, 7) is 25.8. The molecule has 2 unspecified atom stereocenters. The molecule has 12 atom stereocenters. The molecule has 7 N–H and O–H groups in total. The van der Waals surface area contributed by atoms with Crippen molar-refractivity contribution in [1.29, 1.82) is 0 Å². The van der Waals surface area contributed by atoms with Crippen LogP contribution in [0.2, 0.25) is 0 Å². The number of carbonyl (C=O) groups excluding carboxylic acids is 11. The number of likely N-dealkylation sites (N-methyl/N-ethyl adjacent to an activating group) is 7. The van der Waals surface area contributed by atoms with Gasteiger partial charge in [0.2, 0.25) is 65.0 Å². The van der Waals surface area contributed by atoms with E-state index in [0.29, 0.717) is 0 Å². The van der Waals surface area contributed by atoms with Crippen molar-refractivity contribution in [2.45, 2.75) is 221 Å². The van der Waals surface area contributed by atoms with E-state index >= 15 is 9.59 Å². The van der Waals surface area contributed by atoms with Crippen molar-refractivity contribution >= 4 is 65.0 Å². The maximum atomic E-state index is 15.2. The third-order valence-electron chi connectivity index (χ3n) is 16.1. The Morgan fingerprint density at radius 1 is 0.506 bits per heavy atom. The third kappa shape index (κ3) is 22.7. The summed E-state index contributed by atoms with van der Waals surface area (Å²) in [6.07, 6.45) is 1.56. The number of carbonyl (C=O) groups is 11. The number of nitrogens with one attached hydrogen (secondary N) is 4. The fourth-order valence-electron chi connectivity index (χ4n) is 10.7. The first-order valence-corrected chi connectivity index (χ1v) is 30.7. The molecular formula is C62H111N11O14. The summed E-state index contributed by atoms with van der Waals surface area (Å²) in [5, 5.41) is 43.6. The molecule has 11 amide bonds. The Balaban J connectivity index is 4.37. The molecule has 1 rings (SSSR count). The van der Waals surface area contributed by atoms with Gasteiger partial charge in [0.25, 0.3) is 0 Å². The second-order valence-corrected chi connectivity index (χ2v) is 26.6. The van der Waals surface area contributed by atoms with Gasteiger partial charge in [0.05, 0.1) is 24.9 Å². The summed E-state index contributed by atoms with van der Waals surface area (Å²) in [5.74, 6) is -10.7. The van der Waals surface area contributed by atoms with Crippen LogP contribution in [-0.4, -0.2) is 249 Å². The molecule has 25 nitrogen and oxygen atoms in total. The van der Waals surface area contributed by atoms with Gasteiger partial charge in [-0.15, -0.1) is 0 Å². The predicted octanol–water partition coefficient (Wildman–Crippen LogP) is 1.36. The number of amides is 11. The maximum Gasteiger partial charge on any atom is 0.246 e. The van der Waals surface area contributed by atoms with E-state index in [9.17, 15) is 58.5 Å². The Morgan fingerprint density at radius 2 is 0.954 bits per heavy atom. The van der Waals surface area contributed by atoms with Crippen LogP contribution in [0.5, 0.6) is 0 Å². The molecule has 498 valence electrons. The van der Waals surface area contributed by atoms with Crippen molar-refractivity contribution in [1.82, 2.24) is 55.6 Å². The predicted molar refractivity (Wildman–Crippen MR) is 331 cm³/mol. The number of nitrogens with zero attached hydrogens (tertiary/aromatic N) is 7. The highest BCUT2D eigenvalue weighted by Gasteiger charge is 2.46. The van der Waals surface area contributed by atoms with Crippen molar-refractivity contribution in [2.75, 3.05) is 62.5 Å². The summed E-state index contributed by atoms with van der Waals surface area (Å²) in [4.78, 5) is 168. The maximum absolute atomic E-state index is 15.2. The van der Waals surface area contributed by atoms with Gasteiger partial charge in [0.1, 0.15) is 60.4 Å². The van der Waals surface area contributed by atoms with Gasteiger partial charge in [-0.25, -0.2) is 0 Å². The van der Waals surface area contributed by atoms with Crippen LogP contribution in [0.1, 0.15) is 149 Å². The van der Waals surface area contributed by atoms with E-state index in [0.717, 1.165) is 14.7 Å². The minimum absolute atomic E-state index is 0.0195. The van der Waals surface area contributed by atoms with Crippen molar-refractivity contribution in [3.8, 4) is 0 Å². The highest BCUT2D eigenvalue weighted by atomic mass is 16.3. The fraction of sp³-hybridized carbons (Fsp3) is 0.790. The summed E-state index contributed by atoms with van der Waals surface area (Å²) in [6, 6.07) is -13.2. The van der Waals surface area contributed by atoms with Crippen molar-refractivity contribution < 1.29 is 68.1 Å². The van der Waals surface area contributed by atoms with Crippen LogP contribution in [0.3, 0.4) is 0 Å². The molecule has 0 aromatic heterocycles. The van der Waals surface area contributed by atoms with Crippen molar-refractivity contribution in [3.05, 3.63) is 12.2 Å². The Labute approximate surface area is 518 Å². The zero-order chi connectivity index (χ0) is 67.6. The van der Waals surface area contributed by atoms with Crippen molar-refractivity contribution in [2.24, 2.45) is 35.5 Å². The Kier molecular flexibility index (Phi) is 31.8. The van der Waals surface area contributed by atoms with Gasteiger partial charge in [0, 0.05) is 55.8 Å². The minimum Gasteiger partial charge on any atom is -0.392 e. The van der Waals surface area contributed by atoms with E-state index < -0.39 is 161 Å². The molecule has 1 saturated heterocycles. The van der Waals surface area contributed by atoms with Crippen molar-refractivity contribution in [3.63, 3.8) is 0 Å². The lowest BCUT2D eigenvalue weighted by atomic mass is 9.91. The molecule has 0 saturated carbocycles. The monoisotopic (exact) mass is 1230 g/mol. The quantitative estimate of drug-likeness (QED) is 0.107. The van der Waals surface area contributed by atoms with Gasteiger partial charge in [-0.05, 0) is 95.3 Å². The minimum atomic E-state index is -1.70. The summed E-state index contributed by atoms with van der Waals surface area (Å²) >= 11 is 0. The molecule has 0 aliphatic carbocycles. The van der Waals surface area contributed by atoms with Gasteiger partial charge < -0.3 is 70.9 Å². The Morgan fingerprint density at radius 3 is 1.43 bits per heavy atom. The van der Waals surface area contributed by atoms with E-state index in [4.69, 9.17) is 0 Å². The topological polar surface area (TPSA) is 319 Å². The van der Waals surface area contributed by atoms with Crippen LogP contribution in [0.4, 0.5) is 0 Å². The highest BCUT2D eigenvalue weighted by Crippen LogP contribution is 2.26. The largest absolute Gasteiger partial charge is 0.392 e.